The number of esters is 1. The maximum Gasteiger partial charge on any atom is 0.306 e. The molecule has 6 aliphatic rings. The zero-order chi connectivity index (χ0) is 40.7. The van der Waals surface area contributed by atoms with Gasteiger partial charge in [0.25, 0.3) is 0 Å². The SMILES string of the molecule is CCOC1C(OC)[C@H](O[C@H]2C[C@H]3[C@@H]4C=C5C(=O)[C@H](C)[C@@H](OC6CC[C@H](N(C)C)C(C)O6)CCC[C@H](CC)OC(=O)C[C@H]5[C@@H]4c4nc(C)sc4[C@@H]3C2)OC(C)[C@@H]1OC. The Morgan fingerprint density at radius 1 is 0.912 bits per heavy atom. The maximum absolute atomic E-state index is 15.0. The number of aromatic nitrogens is 1. The first-order chi connectivity index (χ1) is 27.4. The number of allylic oxidation sites excluding steroid dienone is 2. The number of rotatable bonds is 10. The van der Waals surface area contributed by atoms with Crippen molar-refractivity contribution in [2.24, 2.45) is 23.7 Å². The summed E-state index contributed by atoms with van der Waals surface area (Å²) in [5, 5.41) is 0.999. The van der Waals surface area contributed by atoms with Crippen molar-refractivity contribution in [1.29, 1.82) is 0 Å². The molecule has 1 aromatic heterocycles. The van der Waals surface area contributed by atoms with E-state index in [0.29, 0.717) is 19.1 Å². The zero-order valence-electron chi connectivity index (χ0n) is 35.8. The van der Waals surface area contributed by atoms with Crippen LogP contribution in [0, 0.1) is 30.6 Å². The van der Waals surface area contributed by atoms with E-state index in [1.54, 1.807) is 25.6 Å². The van der Waals surface area contributed by atoms with Gasteiger partial charge in [-0.15, -0.1) is 11.3 Å². The number of hydrogen-bond acceptors (Lipinski definition) is 13. The van der Waals surface area contributed by atoms with Crippen molar-refractivity contribution in [2.75, 3.05) is 34.9 Å². The van der Waals surface area contributed by atoms with Gasteiger partial charge in [0.15, 0.2) is 18.4 Å². The molecule has 0 aromatic carbocycles. The van der Waals surface area contributed by atoms with Crippen LogP contribution in [0.25, 0.3) is 0 Å². The largest absolute Gasteiger partial charge is 0.462 e. The smallest absolute Gasteiger partial charge is 0.306 e. The summed E-state index contributed by atoms with van der Waals surface area (Å²) in [6.07, 6.45) is 5.78. The lowest BCUT2D eigenvalue weighted by Gasteiger charge is -2.44. The van der Waals surface area contributed by atoms with Crippen LogP contribution in [-0.2, 0) is 47.5 Å². The van der Waals surface area contributed by atoms with Gasteiger partial charge < -0.3 is 42.8 Å². The van der Waals surface area contributed by atoms with Crippen LogP contribution in [0.2, 0.25) is 0 Å². The fourth-order valence-electron chi connectivity index (χ4n) is 11.3. The third-order valence-electron chi connectivity index (χ3n) is 14.1. The molecule has 0 radical (unpaired) electrons. The van der Waals surface area contributed by atoms with Crippen LogP contribution < -0.4 is 0 Å². The van der Waals surface area contributed by atoms with Gasteiger partial charge >= 0.3 is 5.97 Å². The summed E-state index contributed by atoms with van der Waals surface area (Å²) < 4.78 is 50.7. The zero-order valence-corrected chi connectivity index (χ0v) is 36.7. The number of Topliss-reactive ketones (excluding diaryl/α,β-unsaturated/α-hetero) is 1. The van der Waals surface area contributed by atoms with Crippen LogP contribution in [0.4, 0.5) is 0 Å². The number of aryl methyl sites for hydroxylation is 1. The normalized spacial score (nSPS) is 42.6. The quantitative estimate of drug-likeness (QED) is 0.233. The molecule has 0 bridgehead atoms. The van der Waals surface area contributed by atoms with Gasteiger partial charge in [0.1, 0.15) is 24.4 Å². The molecule has 3 aliphatic carbocycles. The first-order valence-corrected chi connectivity index (χ1v) is 22.6. The number of methoxy groups -OCH3 is 2. The van der Waals surface area contributed by atoms with E-state index in [-0.39, 0.29) is 96.8 Å². The molecule has 12 nitrogen and oxygen atoms in total. The van der Waals surface area contributed by atoms with Crippen molar-refractivity contribution in [3.63, 3.8) is 0 Å². The van der Waals surface area contributed by atoms with Crippen molar-refractivity contribution in [2.45, 2.75) is 179 Å². The molecule has 1 aromatic rings. The van der Waals surface area contributed by atoms with Crippen LogP contribution in [0.1, 0.15) is 120 Å². The lowest BCUT2D eigenvalue weighted by molar-refractivity contribution is -0.316. The summed E-state index contributed by atoms with van der Waals surface area (Å²) in [5.41, 5.74) is 1.77. The molecule has 57 heavy (non-hydrogen) atoms. The number of hydrogen-bond donors (Lipinski definition) is 0. The molecule has 13 heteroatoms. The van der Waals surface area contributed by atoms with Crippen LogP contribution in [0.15, 0.2) is 11.6 Å². The van der Waals surface area contributed by atoms with E-state index in [1.807, 2.05) is 20.8 Å². The number of thiazole rings is 1. The van der Waals surface area contributed by atoms with Gasteiger partial charge in [-0.3, -0.25) is 9.59 Å². The summed E-state index contributed by atoms with van der Waals surface area (Å²) >= 11 is 1.75. The lowest BCUT2D eigenvalue weighted by Crippen LogP contribution is -2.60. The highest BCUT2D eigenvalue weighted by Gasteiger charge is 2.57. The van der Waals surface area contributed by atoms with E-state index in [0.717, 1.165) is 61.2 Å². The third-order valence-corrected chi connectivity index (χ3v) is 15.2. The first-order valence-electron chi connectivity index (χ1n) is 21.7. The molecule has 4 heterocycles. The van der Waals surface area contributed by atoms with Crippen LogP contribution in [-0.4, -0.2) is 124 Å². The molecule has 3 saturated heterocycles. The summed E-state index contributed by atoms with van der Waals surface area (Å²) in [7, 11) is 7.52. The second kappa shape index (κ2) is 18.4. The molecular formula is C44H68N2O10S. The number of ketones is 1. The highest BCUT2D eigenvalue weighted by molar-refractivity contribution is 7.11. The molecule has 0 N–H and O–H groups in total. The number of carbonyl (C=O) groups excluding carboxylic acids is 2. The molecule has 0 amide bonds. The Morgan fingerprint density at radius 3 is 2.37 bits per heavy atom. The fourth-order valence-corrected chi connectivity index (χ4v) is 12.5. The van der Waals surface area contributed by atoms with E-state index in [2.05, 4.69) is 45.8 Å². The molecule has 0 spiro atoms. The Bertz CT molecular complexity index is 1590. The van der Waals surface area contributed by atoms with Crippen molar-refractivity contribution in [3.05, 3.63) is 27.2 Å². The minimum Gasteiger partial charge on any atom is -0.462 e. The van der Waals surface area contributed by atoms with Gasteiger partial charge in [-0.2, -0.15) is 0 Å². The average molecular weight is 817 g/mol. The maximum atomic E-state index is 15.0. The van der Waals surface area contributed by atoms with E-state index in [4.69, 9.17) is 42.9 Å². The van der Waals surface area contributed by atoms with Crippen molar-refractivity contribution >= 4 is 23.1 Å². The highest BCUT2D eigenvalue weighted by atomic mass is 32.1. The summed E-state index contributed by atoms with van der Waals surface area (Å²) in [5.74, 6) is -0.565. The fraction of sp³-hybridized carbons (Fsp3) is 0.841. The predicted molar refractivity (Wildman–Crippen MR) is 215 cm³/mol. The number of fused-ring (bicyclic) bond motifs is 8. The van der Waals surface area contributed by atoms with Crippen LogP contribution in [0.3, 0.4) is 0 Å². The molecule has 3 aliphatic heterocycles. The number of nitrogens with zero attached hydrogens (tertiary/aromatic N) is 2. The molecular weight excluding hydrogens is 749 g/mol. The second-order valence-electron chi connectivity index (χ2n) is 17.7. The van der Waals surface area contributed by atoms with E-state index >= 15 is 0 Å². The Hall–Kier alpha value is -1.81. The molecule has 17 atom stereocenters. The second-order valence-corrected chi connectivity index (χ2v) is 18.9. The molecule has 4 fully saturated rings. The Labute approximate surface area is 344 Å². The van der Waals surface area contributed by atoms with Crippen molar-refractivity contribution in [1.82, 2.24) is 9.88 Å². The van der Waals surface area contributed by atoms with Crippen molar-refractivity contribution < 1.29 is 47.5 Å². The standard InChI is InChI=1S/C44H68N2O10S/c1-11-26-14-13-15-34(56-36-17-16-33(46(7)8)23(4)52-36)22(3)39(48)31-20-29-28-18-27(55-44-42(50-10)41(51-12-2)40(49-9)24(5)53-44)19-32(28)43-38(45-25(6)57-43)37(29)30(31)21-35(47)54-26/h20,22-24,26-30,32-34,36-37,40-42,44H,11-19,21H2,1-10H3/t22-,23?,24?,26+,27+,28+,29+,30-,32-,33+,34+,36?,37-,40+,41?,42?,44+/m1/s1. The molecule has 5 unspecified atom stereocenters. The number of cyclic esters (lactones) is 1. The number of carbonyl (C=O) groups is 2. The van der Waals surface area contributed by atoms with Gasteiger partial charge in [-0.1, -0.05) is 19.9 Å². The Balaban J connectivity index is 1.17. The summed E-state index contributed by atoms with van der Waals surface area (Å²) in [4.78, 5) is 37.5. The van der Waals surface area contributed by atoms with Gasteiger partial charge in [0.2, 0.25) is 0 Å². The summed E-state index contributed by atoms with van der Waals surface area (Å²) in [6, 6.07) is 0.326. The van der Waals surface area contributed by atoms with Gasteiger partial charge in [0.05, 0.1) is 41.5 Å². The van der Waals surface area contributed by atoms with E-state index in [9.17, 15) is 9.59 Å². The van der Waals surface area contributed by atoms with Crippen LogP contribution in [0.5, 0.6) is 0 Å². The molecule has 1 saturated carbocycles. The van der Waals surface area contributed by atoms with Gasteiger partial charge in [-0.25, -0.2) is 4.98 Å². The van der Waals surface area contributed by atoms with E-state index in [1.165, 1.54) is 4.88 Å². The third kappa shape index (κ3) is 8.71. The monoisotopic (exact) mass is 816 g/mol. The topological polar surface area (TPSA) is 124 Å². The van der Waals surface area contributed by atoms with Crippen molar-refractivity contribution in [3.8, 4) is 0 Å². The lowest BCUT2D eigenvalue weighted by atomic mass is 9.67. The number of ether oxygens (including phenoxy) is 8. The predicted octanol–water partition coefficient (Wildman–Crippen LogP) is 6.72. The Kier molecular flexibility index (Phi) is 14.0. The minimum absolute atomic E-state index is 0.0229. The van der Waals surface area contributed by atoms with Gasteiger partial charge in [0, 0.05) is 55.4 Å². The average Bonchev–Trinajstić information content (AvgIpc) is 3.88. The highest BCUT2D eigenvalue weighted by Crippen LogP contribution is 2.62. The first kappa shape index (κ1) is 43.3. The molecule has 7 rings (SSSR count). The minimum atomic E-state index is -0.626. The van der Waals surface area contributed by atoms with Crippen LogP contribution >= 0.6 is 11.3 Å². The number of likely N-dealkylation sites (N-methyl/N-ethyl adjacent to an activating group) is 1. The van der Waals surface area contributed by atoms with E-state index < -0.39 is 18.3 Å². The summed E-state index contributed by atoms with van der Waals surface area (Å²) in [6.45, 7) is 12.7. The van der Waals surface area contributed by atoms with Gasteiger partial charge in [-0.05, 0) is 111 Å². The molecule has 320 valence electrons. The Morgan fingerprint density at radius 2 is 1.68 bits per heavy atom.